The molecule has 0 fully saturated rings. The van der Waals surface area contributed by atoms with Gasteiger partial charge in [-0.3, -0.25) is 11.8 Å². The van der Waals surface area contributed by atoms with Gasteiger partial charge in [0.05, 0.1) is 0 Å². The average molecular weight is 391 g/mol. The summed E-state index contributed by atoms with van der Waals surface area (Å²) in [6.07, 6.45) is 2.37. The summed E-state index contributed by atoms with van der Waals surface area (Å²) in [6, 6.07) is 14.5. The van der Waals surface area contributed by atoms with Gasteiger partial charge in [-0.2, -0.15) is 0 Å². The summed E-state index contributed by atoms with van der Waals surface area (Å²) in [7, 11) is -3.62. The topological polar surface area (TPSA) is 83.5 Å². The number of para-hydroxylation sites is 1. The van der Waals surface area contributed by atoms with Crippen molar-refractivity contribution in [2.45, 2.75) is 30.8 Å². The predicted octanol–water partition coefficient (Wildman–Crippen LogP) is 0.554. The van der Waals surface area contributed by atoms with Crippen LogP contribution < -0.4 is 40.0 Å². The monoisotopic (exact) mass is 390 g/mol. The second-order valence-electron chi connectivity index (χ2n) is 5.48. The summed E-state index contributed by atoms with van der Waals surface area (Å²) < 4.78 is 30.4. The smallest absolute Gasteiger partial charge is 0.489 e. The van der Waals surface area contributed by atoms with Crippen LogP contribution in [0, 0.1) is 6.92 Å². The van der Waals surface area contributed by atoms with Crippen molar-refractivity contribution < 1.29 is 42.7 Å². The molecule has 2 aromatic rings. The van der Waals surface area contributed by atoms with Crippen LogP contribution in [-0.4, -0.2) is 21.1 Å². The van der Waals surface area contributed by atoms with E-state index in [-0.39, 0.29) is 40.6 Å². The number of halogens is 1. The number of aryl methyl sites for hydroxylation is 2. The molecule has 0 saturated heterocycles. The molecule has 25 heavy (non-hydrogen) atoms. The van der Waals surface area contributed by atoms with E-state index in [0.29, 0.717) is 6.54 Å². The van der Waals surface area contributed by atoms with Crippen molar-refractivity contribution in [1.29, 1.82) is 0 Å². The molecule has 1 unspecified atom stereocenters. The fourth-order valence-electron chi connectivity index (χ4n) is 2.30. The molecule has 0 amide bonds. The molecule has 1 aliphatic rings. The number of hydrogen-bond donors (Lipinski definition) is 1. The molecule has 130 valence electrons. The van der Waals surface area contributed by atoms with E-state index in [9.17, 15) is 8.42 Å². The standard InChI is InChI=1S/C10H13NO.C7H7ClNO2S.Na/c11-7-9-6-5-8-3-1-2-4-10(8)12-9;1-6-2-4-7(5-3-6)12(10,11)9-8;/h1-4,9H,5-7,11H2;2-5H,1H3;/q;-1;+1. The van der Waals surface area contributed by atoms with Crippen molar-refractivity contribution in [3.63, 3.8) is 0 Å². The number of nitrogens with two attached hydrogens (primary N) is 1. The van der Waals surface area contributed by atoms with Gasteiger partial charge >= 0.3 is 29.6 Å². The third-order valence-corrected chi connectivity index (χ3v) is 5.27. The predicted molar refractivity (Wildman–Crippen MR) is 95.8 cm³/mol. The Kier molecular flexibility index (Phi) is 9.45. The van der Waals surface area contributed by atoms with Crippen molar-refractivity contribution >= 4 is 21.8 Å². The third kappa shape index (κ3) is 6.57. The van der Waals surface area contributed by atoms with E-state index in [1.54, 1.807) is 12.1 Å². The Morgan fingerprint density at radius 2 is 1.84 bits per heavy atom. The van der Waals surface area contributed by atoms with Gasteiger partial charge in [-0.25, -0.2) is 8.42 Å². The van der Waals surface area contributed by atoms with Crippen LogP contribution >= 0.6 is 11.8 Å². The number of sulfonamides is 1. The molecule has 1 atom stereocenters. The van der Waals surface area contributed by atoms with Gasteiger partial charge in [0.15, 0.2) is 0 Å². The molecule has 8 heteroatoms. The van der Waals surface area contributed by atoms with E-state index in [1.807, 2.05) is 25.1 Å². The number of ether oxygens (including phenoxy) is 1. The molecule has 1 heterocycles. The van der Waals surface area contributed by atoms with Crippen LogP contribution in [0.25, 0.3) is 4.24 Å². The Balaban J connectivity index is 0.000000240. The first kappa shape index (κ1) is 22.4. The molecule has 3 rings (SSSR count). The molecule has 2 N–H and O–H groups in total. The molecule has 0 radical (unpaired) electrons. The van der Waals surface area contributed by atoms with Crippen molar-refractivity contribution in [3.8, 4) is 5.75 Å². The van der Waals surface area contributed by atoms with Gasteiger partial charge < -0.3 is 14.7 Å². The fraction of sp³-hybridized carbons (Fsp3) is 0.294. The maximum Gasteiger partial charge on any atom is 1.00 e. The van der Waals surface area contributed by atoms with Gasteiger partial charge in [0, 0.05) is 11.4 Å². The SMILES string of the molecule is Cc1ccc(S(=O)(=O)[N-]Cl)cc1.NCC1CCc2ccccc2O1.[Na+]. The molecule has 2 aromatic carbocycles. The Labute approximate surface area is 176 Å². The first-order valence-corrected chi connectivity index (χ1v) is 9.33. The largest absolute Gasteiger partial charge is 1.00 e. The number of fused-ring (bicyclic) bond motifs is 1. The van der Waals surface area contributed by atoms with Gasteiger partial charge in [0.25, 0.3) is 0 Å². The zero-order valence-corrected chi connectivity index (χ0v) is 17.9. The summed E-state index contributed by atoms with van der Waals surface area (Å²) in [5.41, 5.74) is 7.83. The van der Waals surface area contributed by atoms with Gasteiger partial charge in [-0.15, -0.1) is 0 Å². The molecule has 0 spiro atoms. The first-order valence-electron chi connectivity index (χ1n) is 7.56. The maximum absolute atomic E-state index is 11.0. The molecule has 0 saturated carbocycles. The van der Waals surface area contributed by atoms with E-state index in [1.165, 1.54) is 17.7 Å². The first-order chi connectivity index (χ1) is 11.5. The Morgan fingerprint density at radius 1 is 1.20 bits per heavy atom. The van der Waals surface area contributed by atoms with E-state index < -0.39 is 10.0 Å². The van der Waals surface area contributed by atoms with Crippen LogP contribution in [0.1, 0.15) is 17.5 Å². The summed E-state index contributed by atoms with van der Waals surface area (Å²) in [4.78, 5) is 0.114. The van der Waals surface area contributed by atoms with Crippen LogP contribution in [-0.2, 0) is 16.4 Å². The maximum atomic E-state index is 11.0. The summed E-state index contributed by atoms with van der Waals surface area (Å²) >= 11 is 4.90. The average Bonchev–Trinajstić information content (AvgIpc) is 2.62. The summed E-state index contributed by atoms with van der Waals surface area (Å²) in [5, 5.41) is 0. The molecule has 0 aliphatic carbocycles. The second-order valence-corrected chi connectivity index (χ2v) is 7.45. The quantitative estimate of drug-likeness (QED) is 0.776. The number of hydrogen-bond acceptors (Lipinski definition) is 4. The van der Waals surface area contributed by atoms with Crippen molar-refractivity contribution in [3.05, 3.63) is 63.9 Å². The molecule has 0 bridgehead atoms. The Bertz CT molecular complexity index is 770. The third-order valence-electron chi connectivity index (χ3n) is 3.67. The van der Waals surface area contributed by atoms with Gasteiger partial charge in [-0.1, -0.05) is 35.9 Å². The second kappa shape index (κ2) is 10.5. The summed E-state index contributed by atoms with van der Waals surface area (Å²) in [5.74, 6) is 1.01. The number of rotatable bonds is 3. The van der Waals surface area contributed by atoms with E-state index in [0.717, 1.165) is 24.2 Å². The van der Waals surface area contributed by atoms with Crippen LogP contribution in [0.15, 0.2) is 53.4 Å². The number of nitrogens with zero attached hydrogens (tertiary/aromatic N) is 1. The van der Waals surface area contributed by atoms with E-state index in [2.05, 4.69) is 10.3 Å². The van der Waals surface area contributed by atoms with Crippen LogP contribution in [0.3, 0.4) is 0 Å². The van der Waals surface area contributed by atoms with Gasteiger partial charge in [-0.05, 0) is 43.5 Å². The molecule has 5 nitrogen and oxygen atoms in total. The van der Waals surface area contributed by atoms with Gasteiger partial charge in [0.1, 0.15) is 21.9 Å². The minimum atomic E-state index is -3.62. The Morgan fingerprint density at radius 3 is 2.44 bits per heavy atom. The van der Waals surface area contributed by atoms with Gasteiger partial charge in [0.2, 0.25) is 0 Å². The van der Waals surface area contributed by atoms with E-state index >= 15 is 0 Å². The Hall–Kier alpha value is -0.600. The van der Waals surface area contributed by atoms with Crippen molar-refractivity contribution in [2.24, 2.45) is 5.73 Å². The van der Waals surface area contributed by atoms with Crippen molar-refractivity contribution in [2.75, 3.05) is 6.54 Å². The minimum Gasteiger partial charge on any atom is -0.489 e. The van der Waals surface area contributed by atoms with E-state index in [4.69, 9.17) is 22.2 Å². The molecule has 1 aliphatic heterocycles. The van der Waals surface area contributed by atoms with Crippen molar-refractivity contribution in [1.82, 2.24) is 0 Å². The zero-order chi connectivity index (χ0) is 17.6. The molecular formula is C17H20ClN2NaO3S. The molecular weight excluding hydrogens is 371 g/mol. The van der Waals surface area contributed by atoms with Crippen LogP contribution in [0.4, 0.5) is 0 Å². The minimum absolute atomic E-state index is 0. The molecule has 0 aromatic heterocycles. The normalized spacial score (nSPS) is 15.7. The zero-order valence-electron chi connectivity index (χ0n) is 14.4. The summed E-state index contributed by atoms with van der Waals surface area (Å²) in [6.45, 7) is 2.49. The fourth-order valence-corrected chi connectivity index (χ4v) is 3.10. The number of benzene rings is 2. The van der Waals surface area contributed by atoms with Crippen LogP contribution in [0.2, 0.25) is 0 Å². The van der Waals surface area contributed by atoms with Crippen LogP contribution in [0.5, 0.6) is 5.75 Å².